The van der Waals surface area contributed by atoms with Gasteiger partial charge in [0.2, 0.25) is 0 Å². The number of thiophene rings is 1. The molecule has 0 spiro atoms. The number of hydrogen-bond donors (Lipinski definition) is 2. The molecule has 3 amide bonds. The molecule has 10 heteroatoms. The molecule has 0 saturated carbocycles. The van der Waals surface area contributed by atoms with Gasteiger partial charge in [0.1, 0.15) is 0 Å². The molecule has 3 rings (SSSR count). The van der Waals surface area contributed by atoms with E-state index in [1.165, 1.54) is 0 Å². The molecule has 1 fully saturated rings. The standard InChI is InChI=1S/C25H37N5O4S/c1-18-6-10-27-22(23(18)24(26)31)5-4-19(2)29-11-7-21(8-12-29)30(16-20-9-15-35-17-20)25(32)28-34-14-13-33-3/h6,9-10,15,17,19,21H,4-5,7-8,11-14,16H2,1-3H3,(H2,26,31)(H,28,32)/t19-/m1/s1. The van der Waals surface area contributed by atoms with Crippen molar-refractivity contribution >= 4 is 23.3 Å². The van der Waals surface area contributed by atoms with Gasteiger partial charge in [-0.2, -0.15) is 11.3 Å². The Labute approximate surface area is 211 Å². The molecule has 1 saturated heterocycles. The maximum Gasteiger partial charge on any atom is 0.341 e. The van der Waals surface area contributed by atoms with E-state index >= 15 is 0 Å². The summed E-state index contributed by atoms with van der Waals surface area (Å²) in [7, 11) is 1.59. The molecule has 3 heterocycles. The van der Waals surface area contributed by atoms with Gasteiger partial charge >= 0.3 is 6.03 Å². The Hall–Kier alpha value is -2.53. The van der Waals surface area contributed by atoms with Crippen LogP contribution in [-0.4, -0.2) is 72.2 Å². The minimum absolute atomic E-state index is 0.129. The highest BCUT2D eigenvalue weighted by atomic mass is 32.1. The molecule has 1 atom stereocenters. The minimum Gasteiger partial charge on any atom is -0.382 e. The summed E-state index contributed by atoms with van der Waals surface area (Å²) < 4.78 is 4.97. The van der Waals surface area contributed by atoms with E-state index in [1.54, 1.807) is 24.6 Å². The summed E-state index contributed by atoms with van der Waals surface area (Å²) in [6.45, 7) is 7.16. The van der Waals surface area contributed by atoms with Crippen LogP contribution in [0.25, 0.3) is 0 Å². The van der Waals surface area contributed by atoms with Gasteiger partial charge in [0.15, 0.2) is 0 Å². The zero-order chi connectivity index (χ0) is 25.2. The quantitative estimate of drug-likeness (QED) is 0.340. The van der Waals surface area contributed by atoms with Crippen molar-refractivity contribution in [1.29, 1.82) is 0 Å². The van der Waals surface area contributed by atoms with E-state index in [2.05, 4.69) is 27.7 Å². The van der Waals surface area contributed by atoms with Gasteiger partial charge in [0.05, 0.1) is 24.5 Å². The molecule has 0 radical (unpaired) electrons. The molecule has 2 aromatic heterocycles. The van der Waals surface area contributed by atoms with Crippen molar-refractivity contribution in [2.75, 3.05) is 33.4 Å². The van der Waals surface area contributed by atoms with Crippen LogP contribution in [0.2, 0.25) is 0 Å². The monoisotopic (exact) mass is 503 g/mol. The molecule has 2 aromatic rings. The normalized spacial score (nSPS) is 15.6. The number of hydroxylamine groups is 1. The SMILES string of the molecule is COCCONC(=O)N(Cc1ccsc1)C1CCN([C@H](C)CCc2nccc(C)c2C(N)=O)CC1. The fourth-order valence-electron chi connectivity index (χ4n) is 4.55. The predicted octanol–water partition coefficient (Wildman–Crippen LogP) is 3.13. The lowest BCUT2D eigenvalue weighted by atomic mass is 9.98. The average molecular weight is 504 g/mol. The lowest BCUT2D eigenvalue weighted by Gasteiger charge is -2.40. The van der Waals surface area contributed by atoms with E-state index in [9.17, 15) is 9.59 Å². The topological polar surface area (TPSA) is 110 Å². The molecular weight excluding hydrogens is 466 g/mol. The van der Waals surface area contributed by atoms with E-state index < -0.39 is 5.91 Å². The first-order chi connectivity index (χ1) is 16.9. The molecule has 192 valence electrons. The van der Waals surface area contributed by atoms with Gasteiger partial charge in [-0.1, -0.05) is 0 Å². The molecule has 35 heavy (non-hydrogen) atoms. The Morgan fingerprint density at radius 1 is 1.31 bits per heavy atom. The summed E-state index contributed by atoms with van der Waals surface area (Å²) in [6.07, 6.45) is 5.09. The molecule has 0 bridgehead atoms. The van der Waals surface area contributed by atoms with Gasteiger partial charge in [-0.25, -0.2) is 10.3 Å². The third-order valence-corrected chi connectivity index (χ3v) is 7.32. The molecule has 1 aliphatic heterocycles. The van der Waals surface area contributed by atoms with Crippen LogP contribution in [0.3, 0.4) is 0 Å². The number of methoxy groups -OCH3 is 1. The number of nitrogens with zero attached hydrogens (tertiary/aromatic N) is 3. The van der Waals surface area contributed by atoms with E-state index in [0.29, 0.717) is 37.8 Å². The van der Waals surface area contributed by atoms with Crippen molar-refractivity contribution in [3.63, 3.8) is 0 Å². The van der Waals surface area contributed by atoms with Gasteiger partial charge in [-0.15, -0.1) is 0 Å². The number of carbonyl (C=O) groups is 2. The number of aryl methyl sites for hydroxylation is 2. The number of ether oxygens (including phenoxy) is 1. The molecule has 0 aromatic carbocycles. The van der Waals surface area contributed by atoms with Gasteiger partial charge < -0.3 is 20.3 Å². The van der Waals surface area contributed by atoms with Crippen LogP contribution in [0.4, 0.5) is 4.79 Å². The zero-order valence-corrected chi connectivity index (χ0v) is 21.7. The van der Waals surface area contributed by atoms with Crippen molar-refractivity contribution in [3.05, 3.63) is 51.5 Å². The summed E-state index contributed by atoms with van der Waals surface area (Å²) in [5.41, 5.74) is 11.5. The highest BCUT2D eigenvalue weighted by Gasteiger charge is 2.30. The van der Waals surface area contributed by atoms with Gasteiger partial charge in [0, 0.05) is 45.0 Å². The number of amides is 3. The van der Waals surface area contributed by atoms with Gasteiger partial charge in [-0.05, 0) is 73.6 Å². The Morgan fingerprint density at radius 3 is 2.74 bits per heavy atom. The smallest absolute Gasteiger partial charge is 0.341 e. The van der Waals surface area contributed by atoms with Crippen molar-refractivity contribution < 1.29 is 19.2 Å². The second-order valence-electron chi connectivity index (χ2n) is 8.98. The van der Waals surface area contributed by atoms with Crippen LogP contribution in [0.15, 0.2) is 29.1 Å². The fraction of sp³-hybridized carbons (Fsp3) is 0.560. The number of nitrogens with one attached hydrogen (secondary N) is 1. The number of hydrogen-bond acceptors (Lipinski definition) is 7. The average Bonchev–Trinajstić information content (AvgIpc) is 3.37. The van der Waals surface area contributed by atoms with E-state index in [-0.39, 0.29) is 12.1 Å². The van der Waals surface area contributed by atoms with Crippen molar-refractivity contribution in [1.82, 2.24) is 20.3 Å². The van der Waals surface area contributed by atoms with Crippen molar-refractivity contribution in [2.45, 2.75) is 58.2 Å². The van der Waals surface area contributed by atoms with Crippen molar-refractivity contribution in [2.24, 2.45) is 5.73 Å². The summed E-state index contributed by atoms with van der Waals surface area (Å²) in [6, 6.07) is 4.11. The van der Waals surface area contributed by atoms with Crippen molar-refractivity contribution in [3.8, 4) is 0 Å². The second-order valence-corrected chi connectivity index (χ2v) is 9.76. The van der Waals surface area contributed by atoms with Gasteiger partial charge in [-0.3, -0.25) is 14.6 Å². The largest absolute Gasteiger partial charge is 0.382 e. The first-order valence-corrected chi connectivity index (χ1v) is 13.0. The fourth-order valence-corrected chi connectivity index (χ4v) is 5.21. The Morgan fingerprint density at radius 2 is 2.09 bits per heavy atom. The molecule has 0 aliphatic carbocycles. The Bertz CT molecular complexity index is 947. The lowest BCUT2D eigenvalue weighted by Crippen LogP contribution is -2.51. The number of pyridine rings is 1. The Balaban J connectivity index is 1.55. The maximum atomic E-state index is 12.9. The number of primary amides is 1. The lowest BCUT2D eigenvalue weighted by molar-refractivity contribution is 0.00767. The first-order valence-electron chi connectivity index (χ1n) is 12.1. The first kappa shape index (κ1) is 27.1. The third-order valence-electron chi connectivity index (χ3n) is 6.59. The number of carbonyl (C=O) groups excluding carboxylic acids is 2. The predicted molar refractivity (Wildman–Crippen MR) is 136 cm³/mol. The third kappa shape index (κ3) is 7.73. The van der Waals surface area contributed by atoms with Crippen LogP contribution in [0.1, 0.15) is 53.4 Å². The zero-order valence-electron chi connectivity index (χ0n) is 20.9. The number of aromatic nitrogens is 1. The molecule has 3 N–H and O–H groups in total. The van der Waals surface area contributed by atoms with E-state index in [0.717, 1.165) is 49.2 Å². The van der Waals surface area contributed by atoms with Crippen LogP contribution in [0.5, 0.6) is 0 Å². The Kier molecular flexibility index (Phi) is 10.5. The highest BCUT2D eigenvalue weighted by Crippen LogP contribution is 2.23. The van der Waals surface area contributed by atoms with E-state index in [1.807, 2.05) is 29.3 Å². The van der Waals surface area contributed by atoms with Crippen LogP contribution < -0.4 is 11.2 Å². The molecule has 9 nitrogen and oxygen atoms in total. The summed E-state index contributed by atoms with van der Waals surface area (Å²) in [5.74, 6) is -0.422. The molecular formula is C25H37N5O4S. The van der Waals surface area contributed by atoms with Crippen LogP contribution >= 0.6 is 11.3 Å². The number of nitrogens with two attached hydrogens (primary N) is 1. The number of rotatable bonds is 12. The molecule has 0 unspecified atom stereocenters. The minimum atomic E-state index is -0.422. The summed E-state index contributed by atoms with van der Waals surface area (Å²) >= 11 is 1.63. The number of piperidine rings is 1. The van der Waals surface area contributed by atoms with Gasteiger partial charge in [0.25, 0.3) is 5.91 Å². The van der Waals surface area contributed by atoms with Crippen LogP contribution in [0, 0.1) is 6.92 Å². The molecule has 1 aliphatic rings. The second kappa shape index (κ2) is 13.5. The maximum absolute atomic E-state index is 12.9. The summed E-state index contributed by atoms with van der Waals surface area (Å²) in [5, 5.41) is 4.10. The summed E-state index contributed by atoms with van der Waals surface area (Å²) in [4.78, 5) is 38.8. The van der Waals surface area contributed by atoms with E-state index in [4.69, 9.17) is 15.3 Å². The number of urea groups is 1. The highest BCUT2D eigenvalue weighted by molar-refractivity contribution is 7.07. The number of likely N-dealkylation sites (tertiary alicyclic amines) is 1. The van der Waals surface area contributed by atoms with Crippen LogP contribution in [-0.2, 0) is 22.5 Å².